The summed E-state index contributed by atoms with van der Waals surface area (Å²) in [4.78, 5) is 15.4. The first-order chi connectivity index (χ1) is 8.27. The molecule has 1 aliphatic rings. The second-order valence-electron chi connectivity index (χ2n) is 3.81. The summed E-state index contributed by atoms with van der Waals surface area (Å²) in [6, 6.07) is 5.75. The number of aromatic nitrogens is 2. The van der Waals surface area contributed by atoms with Crippen molar-refractivity contribution in [2.75, 3.05) is 0 Å². The van der Waals surface area contributed by atoms with Gasteiger partial charge in [-0.3, -0.25) is 9.78 Å². The third kappa shape index (κ3) is 2.16. The van der Waals surface area contributed by atoms with E-state index in [-0.39, 0.29) is 23.0 Å². The van der Waals surface area contributed by atoms with Gasteiger partial charge in [0.15, 0.2) is 0 Å². The van der Waals surface area contributed by atoms with Crippen LogP contribution in [0.4, 0.5) is 0 Å². The van der Waals surface area contributed by atoms with Crippen LogP contribution < -0.4 is 0 Å². The third-order valence-electron chi connectivity index (χ3n) is 2.84. The molecular formula is C12H10Cl2N2OS. The molecule has 18 heavy (non-hydrogen) atoms. The predicted octanol–water partition coefficient (Wildman–Crippen LogP) is 3.48. The highest BCUT2D eigenvalue weighted by molar-refractivity contribution is 7.99. The molecule has 0 aliphatic carbocycles. The molecule has 94 valence electrons. The van der Waals surface area contributed by atoms with Crippen LogP contribution in [0.5, 0.6) is 0 Å². The second kappa shape index (κ2) is 5.34. The van der Waals surface area contributed by atoms with Crippen LogP contribution in [-0.4, -0.2) is 14.8 Å². The topological polar surface area (TPSA) is 34.9 Å². The number of hydrogen-bond donors (Lipinski definition) is 0. The van der Waals surface area contributed by atoms with Crippen molar-refractivity contribution in [3.8, 4) is 0 Å². The van der Waals surface area contributed by atoms with Crippen LogP contribution in [0.3, 0.4) is 0 Å². The molecule has 2 aromatic heterocycles. The van der Waals surface area contributed by atoms with Crippen molar-refractivity contribution >= 4 is 41.0 Å². The van der Waals surface area contributed by atoms with Crippen LogP contribution in [0, 0.1) is 0 Å². The van der Waals surface area contributed by atoms with Crippen molar-refractivity contribution in [1.82, 2.24) is 9.55 Å². The molecule has 3 nitrogen and oxygen atoms in total. The molecule has 0 saturated heterocycles. The molecule has 0 N–H and O–H groups in total. The van der Waals surface area contributed by atoms with E-state index in [0.717, 1.165) is 17.0 Å². The quantitative estimate of drug-likeness (QED) is 0.797. The van der Waals surface area contributed by atoms with Crippen molar-refractivity contribution in [2.45, 2.75) is 11.1 Å². The molecule has 0 bridgehead atoms. The van der Waals surface area contributed by atoms with Crippen LogP contribution in [-0.2, 0) is 5.75 Å². The molecule has 0 spiro atoms. The first kappa shape index (κ1) is 13.5. The van der Waals surface area contributed by atoms with Gasteiger partial charge in [-0.15, -0.1) is 24.2 Å². The number of nitrogens with zero attached hydrogens (tertiary/aromatic N) is 2. The van der Waals surface area contributed by atoms with E-state index >= 15 is 0 Å². The number of pyridine rings is 1. The first-order valence-corrected chi connectivity index (χ1v) is 6.61. The van der Waals surface area contributed by atoms with Crippen molar-refractivity contribution in [3.63, 3.8) is 0 Å². The maximum Gasteiger partial charge on any atom is 0.254 e. The zero-order valence-electron chi connectivity index (χ0n) is 9.25. The molecule has 0 saturated carbocycles. The van der Waals surface area contributed by atoms with Gasteiger partial charge in [0.1, 0.15) is 5.37 Å². The number of carbonyl (C=O) groups is 1. The Labute approximate surface area is 120 Å². The average molecular weight is 301 g/mol. The lowest BCUT2D eigenvalue weighted by Gasteiger charge is -2.11. The summed E-state index contributed by atoms with van der Waals surface area (Å²) >= 11 is 7.32. The van der Waals surface area contributed by atoms with Gasteiger partial charge in [-0.2, -0.15) is 0 Å². The number of rotatable bonds is 2. The smallest absolute Gasteiger partial charge is 0.254 e. The van der Waals surface area contributed by atoms with Crippen LogP contribution in [0.15, 0.2) is 36.8 Å². The van der Waals surface area contributed by atoms with Crippen molar-refractivity contribution in [2.24, 2.45) is 0 Å². The molecule has 0 aromatic carbocycles. The number of thioether (sulfide) groups is 1. The van der Waals surface area contributed by atoms with E-state index < -0.39 is 0 Å². The predicted molar refractivity (Wildman–Crippen MR) is 75.5 cm³/mol. The maximum atomic E-state index is 11.2. The van der Waals surface area contributed by atoms with E-state index in [4.69, 9.17) is 11.6 Å². The highest BCUT2D eigenvalue weighted by Crippen LogP contribution is 2.41. The van der Waals surface area contributed by atoms with Crippen LogP contribution >= 0.6 is 35.8 Å². The highest BCUT2D eigenvalue weighted by Gasteiger charge is 2.27. The van der Waals surface area contributed by atoms with Gasteiger partial charge in [-0.1, -0.05) is 6.07 Å². The zero-order valence-corrected chi connectivity index (χ0v) is 11.6. The molecule has 6 heteroatoms. The Morgan fingerprint density at radius 1 is 1.50 bits per heavy atom. The van der Waals surface area contributed by atoms with Crippen LogP contribution in [0.2, 0.25) is 0 Å². The van der Waals surface area contributed by atoms with E-state index in [2.05, 4.69) is 9.55 Å². The van der Waals surface area contributed by atoms with Gasteiger partial charge in [0.2, 0.25) is 0 Å². The standard InChI is InChI=1S/C12H9ClN2OS.ClH/c13-11(16)9-3-5-15-10(9)7-17-12(15)8-2-1-4-14-6-8;/h1-6,12H,7H2;1H. The summed E-state index contributed by atoms with van der Waals surface area (Å²) in [5.74, 6) is 0.806. The van der Waals surface area contributed by atoms with E-state index in [1.807, 2.05) is 24.5 Å². The fourth-order valence-electron chi connectivity index (χ4n) is 2.05. The lowest BCUT2D eigenvalue weighted by molar-refractivity contribution is 0.108. The van der Waals surface area contributed by atoms with Crippen LogP contribution in [0.1, 0.15) is 27.0 Å². The lowest BCUT2D eigenvalue weighted by Crippen LogP contribution is -2.02. The SMILES string of the molecule is Cl.O=C(Cl)c1ccn2c1CSC2c1cccnc1. The zero-order chi connectivity index (χ0) is 11.8. The summed E-state index contributed by atoms with van der Waals surface area (Å²) in [5, 5.41) is -0.186. The van der Waals surface area contributed by atoms with Crippen molar-refractivity contribution in [3.05, 3.63) is 53.6 Å². The number of fused-ring (bicyclic) bond motifs is 1. The summed E-state index contributed by atoms with van der Waals surface area (Å²) in [6.45, 7) is 0. The molecular weight excluding hydrogens is 291 g/mol. The Hall–Kier alpha value is -0.970. The molecule has 3 heterocycles. The van der Waals surface area contributed by atoms with Gasteiger partial charge in [-0.05, 0) is 23.7 Å². The van der Waals surface area contributed by atoms with Gasteiger partial charge in [0, 0.05) is 35.6 Å². The van der Waals surface area contributed by atoms with Gasteiger partial charge in [0.25, 0.3) is 5.24 Å². The molecule has 2 aromatic rings. The number of hydrogen-bond acceptors (Lipinski definition) is 3. The highest BCUT2D eigenvalue weighted by atomic mass is 35.5. The normalized spacial score (nSPS) is 17.1. The molecule has 1 atom stereocenters. The summed E-state index contributed by atoms with van der Waals surface area (Å²) in [7, 11) is 0. The molecule has 3 rings (SSSR count). The Balaban J connectivity index is 0.00000120. The van der Waals surface area contributed by atoms with Gasteiger partial charge in [-0.25, -0.2) is 0 Å². The summed E-state index contributed by atoms with van der Waals surface area (Å²) < 4.78 is 2.09. The van der Waals surface area contributed by atoms with Gasteiger partial charge < -0.3 is 4.57 Å². The number of halogens is 2. The monoisotopic (exact) mass is 300 g/mol. The number of carbonyl (C=O) groups excluding carboxylic acids is 1. The Kier molecular flexibility index (Phi) is 4.00. The molecule has 1 aliphatic heterocycles. The molecule has 0 radical (unpaired) electrons. The minimum Gasteiger partial charge on any atom is -0.333 e. The Morgan fingerprint density at radius 2 is 2.33 bits per heavy atom. The maximum absolute atomic E-state index is 11.2. The average Bonchev–Trinajstić information content (AvgIpc) is 2.89. The largest absolute Gasteiger partial charge is 0.333 e. The molecule has 1 unspecified atom stereocenters. The van der Waals surface area contributed by atoms with E-state index in [0.29, 0.717) is 5.56 Å². The van der Waals surface area contributed by atoms with Gasteiger partial charge in [0.05, 0.1) is 5.56 Å². The lowest BCUT2D eigenvalue weighted by atomic mass is 10.2. The fourth-order valence-corrected chi connectivity index (χ4v) is 3.53. The molecule has 0 fully saturated rings. The van der Waals surface area contributed by atoms with Crippen molar-refractivity contribution < 1.29 is 4.79 Å². The fraction of sp³-hybridized carbons (Fsp3) is 0.167. The Morgan fingerprint density at radius 3 is 3.00 bits per heavy atom. The van der Waals surface area contributed by atoms with E-state index in [1.165, 1.54) is 0 Å². The summed E-state index contributed by atoms with van der Waals surface area (Å²) in [5.41, 5.74) is 2.76. The van der Waals surface area contributed by atoms with E-state index in [9.17, 15) is 4.79 Å². The summed E-state index contributed by atoms with van der Waals surface area (Å²) in [6.07, 6.45) is 5.53. The second-order valence-corrected chi connectivity index (χ2v) is 5.22. The van der Waals surface area contributed by atoms with Crippen LogP contribution in [0.25, 0.3) is 0 Å². The Bertz CT molecular complexity index is 571. The molecule has 0 amide bonds. The van der Waals surface area contributed by atoms with Crippen molar-refractivity contribution in [1.29, 1.82) is 0 Å². The minimum absolute atomic E-state index is 0. The van der Waals surface area contributed by atoms with E-state index in [1.54, 1.807) is 24.0 Å². The first-order valence-electron chi connectivity index (χ1n) is 5.18. The minimum atomic E-state index is -0.383. The third-order valence-corrected chi connectivity index (χ3v) is 4.30. The van der Waals surface area contributed by atoms with Gasteiger partial charge >= 0.3 is 0 Å².